The molecule has 19 heteroatoms. The van der Waals surface area contributed by atoms with Gasteiger partial charge in [-0.3, -0.25) is 5.10 Å². The number of aromatic nitrogens is 2. The molecule has 0 saturated carbocycles. The van der Waals surface area contributed by atoms with Gasteiger partial charge in [0.1, 0.15) is 30.2 Å². The number of fused-ring (bicyclic) bond motifs is 3. The van der Waals surface area contributed by atoms with Gasteiger partial charge < -0.3 is 44.9 Å². The molecule has 2 saturated heterocycles. The van der Waals surface area contributed by atoms with Crippen molar-refractivity contribution in [1.82, 2.24) is 20.0 Å². The fourth-order valence-corrected chi connectivity index (χ4v) is 10.2. The number of hydrogen-bond donors (Lipinski definition) is 2. The molecule has 2 aliphatic heterocycles. The largest absolute Gasteiger partial charge is 1.00 e. The molecule has 7 aromatic rings. The Balaban J connectivity index is 0.000000235. The van der Waals surface area contributed by atoms with Crippen LogP contribution in [0.4, 0.5) is 17.1 Å². The monoisotopic (exact) mass is 1010 g/mol. The summed E-state index contributed by atoms with van der Waals surface area (Å²) >= 11 is 11.7. The normalized spacial score (nSPS) is 14.2. The van der Waals surface area contributed by atoms with Crippen LogP contribution in [0, 0.1) is 10.1 Å². The van der Waals surface area contributed by atoms with E-state index in [9.17, 15) is 8.42 Å². The molecular formula is C49H56Cl3N8NaO6S. The second-order valence-electron chi connectivity index (χ2n) is 16.3. The predicted octanol–water partition coefficient (Wildman–Crippen LogP) is 6.17. The number of benzene rings is 6. The van der Waals surface area contributed by atoms with Gasteiger partial charge in [-0.25, -0.2) is 8.42 Å². The first-order chi connectivity index (χ1) is 32.1. The Morgan fingerprint density at radius 1 is 0.676 bits per heavy atom. The molecule has 356 valence electrons. The summed E-state index contributed by atoms with van der Waals surface area (Å²) < 4.78 is 39.4. The number of hydrogen-bond acceptors (Lipinski definition) is 13. The van der Waals surface area contributed by atoms with Crippen molar-refractivity contribution in [3.05, 3.63) is 130 Å². The molecule has 0 amide bonds. The number of nitrogens with two attached hydrogens (primary N) is 1. The molecule has 0 bridgehead atoms. The van der Waals surface area contributed by atoms with E-state index in [-0.39, 0.29) is 51.9 Å². The van der Waals surface area contributed by atoms with Crippen LogP contribution in [0.3, 0.4) is 0 Å². The molecule has 14 nitrogen and oxygen atoms in total. The molecule has 3 N–H and O–H groups in total. The Morgan fingerprint density at radius 2 is 1.16 bits per heavy atom. The third-order valence-corrected chi connectivity index (χ3v) is 14.1. The van der Waals surface area contributed by atoms with Crippen LogP contribution >= 0.6 is 35.6 Å². The fraction of sp³-hybridized carbons (Fsp3) is 0.327. The first-order valence-electron chi connectivity index (χ1n) is 21.9. The van der Waals surface area contributed by atoms with Gasteiger partial charge in [0.25, 0.3) is 0 Å². The first-order valence-corrected chi connectivity index (χ1v) is 24.4. The number of aromatic amines is 1. The summed E-state index contributed by atoms with van der Waals surface area (Å²) in [5.41, 5.74) is 12.3. The van der Waals surface area contributed by atoms with Crippen molar-refractivity contribution in [3.63, 3.8) is 0 Å². The van der Waals surface area contributed by atoms with Gasteiger partial charge in [0, 0.05) is 86.6 Å². The van der Waals surface area contributed by atoms with Gasteiger partial charge in [-0.2, -0.15) is 5.10 Å². The van der Waals surface area contributed by atoms with E-state index < -0.39 is 9.84 Å². The summed E-state index contributed by atoms with van der Waals surface area (Å²) in [6.07, 6.45) is 1.81. The van der Waals surface area contributed by atoms with Crippen LogP contribution < -0.4 is 54.6 Å². The molecule has 9 rings (SSSR count). The number of nitrogens with one attached hydrogen (secondary N) is 1. The van der Waals surface area contributed by atoms with Crippen LogP contribution in [0.1, 0.15) is 11.1 Å². The van der Waals surface area contributed by atoms with Crippen molar-refractivity contribution in [3.8, 4) is 11.5 Å². The maximum Gasteiger partial charge on any atom is 1.00 e. The van der Waals surface area contributed by atoms with E-state index in [0.717, 1.165) is 98.6 Å². The number of H-pyrrole nitrogens is 1. The first kappa shape index (κ1) is 54.4. The van der Waals surface area contributed by atoms with E-state index in [2.05, 4.69) is 98.5 Å². The van der Waals surface area contributed by atoms with Crippen molar-refractivity contribution >= 4 is 95.0 Å². The van der Waals surface area contributed by atoms with Crippen molar-refractivity contribution in [2.45, 2.75) is 22.8 Å². The summed E-state index contributed by atoms with van der Waals surface area (Å²) in [6.45, 7) is 8.48. The Kier molecular flexibility index (Phi) is 20.7. The Bertz CT molecular complexity index is 2850. The summed E-state index contributed by atoms with van der Waals surface area (Å²) in [5, 5.41) is 20.9. The standard InChI is InChI=1S/C25H30ClN3O.C24H25ClN4O3S.ClH.HNO2.Na/c1-28-12-14-29(15-13-28)22-17-21(25(27)24(18-22)30-16-11-26)10-9-20-7-4-6-19-5-2-3-8-23(19)20;1-28-10-12-29(13-11-28)18-15-20-23(21(16-18)32-14-9-25)26-27-24(20)33(30,31)22-8-4-6-17-5-2-3-7-19(17)22;;2-1-3;/h2-8,17-18H,9-16,27H2,1H3;2-8,15-16H,9-14H2,1H3,(H,26,27);1H;(H,2,3);/q;;;;+1/p-1. The molecule has 0 atom stereocenters. The molecule has 0 aliphatic carbocycles. The predicted molar refractivity (Wildman–Crippen MR) is 276 cm³/mol. The van der Waals surface area contributed by atoms with Gasteiger partial charge in [0.15, 0.2) is 5.03 Å². The molecule has 0 spiro atoms. The molecule has 0 unspecified atom stereocenters. The van der Waals surface area contributed by atoms with Gasteiger partial charge in [0.2, 0.25) is 9.84 Å². The molecule has 1 aromatic heterocycles. The summed E-state index contributed by atoms with van der Waals surface area (Å²) in [7, 11) is 0.400. The second kappa shape index (κ2) is 25.9. The van der Waals surface area contributed by atoms with E-state index in [1.165, 1.54) is 22.0 Å². The Labute approximate surface area is 436 Å². The Morgan fingerprint density at radius 3 is 1.76 bits per heavy atom. The molecular weight excluding hydrogens is 958 g/mol. The van der Waals surface area contributed by atoms with E-state index in [0.29, 0.717) is 47.0 Å². The number of aryl methyl sites for hydroxylation is 2. The number of sulfone groups is 1. The SMILES string of the molecule is CN1CCN(c2cc(CCc3cccc4ccccc34)c(N)c(OCCCl)c2)CC1.CN1CCN(c2cc(OCCCl)c3n[nH]c(S(=O)(=O)c4cccc5ccccc45)c3c2)CC1.Cl.O=N[O-].[Na+]. The van der Waals surface area contributed by atoms with Crippen LogP contribution in [0.15, 0.2) is 124 Å². The van der Waals surface area contributed by atoms with E-state index >= 15 is 0 Å². The molecule has 2 fully saturated rings. The number of alkyl halides is 2. The van der Waals surface area contributed by atoms with Crippen LogP contribution in [0.5, 0.6) is 11.5 Å². The zero-order chi connectivity index (χ0) is 46.6. The third kappa shape index (κ3) is 13.0. The van der Waals surface area contributed by atoms with Crippen LogP contribution in [0.2, 0.25) is 0 Å². The van der Waals surface area contributed by atoms with Gasteiger partial charge in [-0.15, -0.1) is 40.9 Å². The number of likely N-dealkylation sites (N-methyl/N-ethyl adjacent to an activating group) is 2. The van der Waals surface area contributed by atoms with Crippen molar-refractivity contribution < 1.29 is 47.4 Å². The number of nitrogens with zero attached hydrogens (tertiary/aromatic N) is 6. The quantitative estimate of drug-likeness (QED) is 0.0443. The average molecular weight is 1010 g/mol. The van der Waals surface area contributed by atoms with Crippen LogP contribution in [-0.4, -0.2) is 120 Å². The summed E-state index contributed by atoms with van der Waals surface area (Å²) in [6, 6.07) is 36.0. The van der Waals surface area contributed by atoms with E-state index in [1.807, 2.05) is 42.5 Å². The maximum absolute atomic E-state index is 13.8. The minimum atomic E-state index is -3.87. The molecule has 3 heterocycles. The molecule has 68 heavy (non-hydrogen) atoms. The van der Waals surface area contributed by atoms with E-state index in [1.54, 1.807) is 12.1 Å². The number of nitrogen functional groups attached to an aromatic ring is 1. The second-order valence-corrected chi connectivity index (χ2v) is 18.9. The Hall–Kier alpha value is -4.55. The third-order valence-electron chi connectivity index (χ3n) is 12.0. The topological polar surface area (TPSA) is 173 Å². The number of rotatable bonds is 13. The van der Waals surface area contributed by atoms with Crippen molar-refractivity contribution in [2.75, 3.05) is 107 Å². The minimum absolute atomic E-state index is 0. The van der Waals surface area contributed by atoms with Gasteiger partial charge >= 0.3 is 29.6 Å². The average Bonchev–Trinajstić information content (AvgIpc) is 3.79. The number of anilines is 3. The van der Waals surface area contributed by atoms with Gasteiger partial charge in [-0.1, -0.05) is 78.9 Å². The molecule has 6 aromatic carbocycles. The smallest absolute Gasteiger partial charge is 0.490 e. The van der Waals surface area contributed by atoms with Crippen molar-refractivity contribution in [1.29, 1.82) is 0 Å². The number of ether oxygens (including phenoxy) is 2. The van der Waals surface area contributed by atoms with Gasteiger partial charge in [0.05, 0.1) is 22.3 Å². The summed E-state index contributed by atoms with van der Waals surface area (Å²) in [4.78, 5) is 17.6. The van der Waals surface area contributed by atoms with Crippen LogP contribution in [0.25, 0.3) is 32.4 Å². The zero-order valence-electron chi connectivity index (χ0n) is 38.6. The minimum Gasteiger partial charge on any atom is -0.490 e. The molecule has 2 aliphatic rings. The zero-order valence-corrected chi connectivity index (χ0v) is 43.7. The van der Waals surface area contributed by atoms with Gasteiger partial charge in [-0.05, 0) is 72.4 Å². The number of piperazine rings is 2. The number of halogens is 3. The summed E-state index contributed by atoms with van der Waals surface area (Å²) in [5.74, 6) is 2.05. The maximum atomic E-state index is 13.8. The fourth-order valence-electron chi connectivity index (χ4n) is 8.47. The van der Waals surface area contributed by atoms with Crippen LogP contribution in [-0.2, 0) is 22.7 Å². The van der Waals surface area contributed by atoms with E-state index in [4.69, 9.17) is 48.5 Å². The van der Waals surface area contributed by atoms with Crippen molar-refractivity contribution in [2.24, 2.45) is 5.34 Å². The molecule has 0 radical (unpaired) electrons.